The van der Waals surface area contributed by atoms with Gasteiger partial charge in [-0.1, -0.05) is 34.9 Å². The van der Waals surface area contributed by atoms with E-state index in [1.165, 1.54) is 5.57 Å². The Balaban J connectivity index is 2.17. The van der Waals surface area contributed by atoms with Crippen LogP contribution in [0.3, 0.4) is 0 Å². The quantitative estimate of drug-likeness (QED) is 0.788. The van der Waals surface area contributed by atoms with Crippen molar-refractivity contribution in [1.29, 1.82) is 0 Å². The van der Waals surface area contributed by atoms with Gasteiger partial charge in [-0.3, -0.25) is 0 Å². The molecule has 1 aromatic rings. The number of nitrogens with two attached hydrogens (primary N) is 1. The second-order valence-electron chi connectivity index (χ2n) is 3.94. The molecule has 0 bridgehead atoms. The molecule has 3 heteroatoms. The molecule has 2 N–H and O–H groups in total. The Labute approximate surface area is 99.9 Å². The first-order valence-corrected chi connectivity index (χ1v) is 5.80. The molecule has 1 aliphatic carbocycles. The fourth-order valence-corrected chi connectivity index (χ4v) is 2.27. The molecule has 1 atom stereocenters. The number of benzene rings is 1. The zero-order chi connectivity index (χ0) is 10.8. The highest BCUT2D eigenvalue weighted by Crippen LogP contribution is 2.27. The fraction of sp³-hybridized carbons (Fsp3) is 0.333. The van der Waals surface area contributed by atoms with Crippen molar-refractivity contribution >= 4 is 23.2 Å². The first-order valence-electron chi connectivity index (χ1n) is 5.04. The monoisotopic (exact) mass is 241 g/mol. The lowest BCUT2D eigenvalue weighted by atomic mass is 10.0. The second-order valence-corrected chi connectivity index (χ2v) is 4.78. The Morgan fingerprint density at radius 1 is 1.33 bits per heavy atom. The zero-order valence-corrected chi connectivity index (χ0v) is 9.85. The van der Waals surface area contributed by atoms with Crippen LogP contribution >= 0.6 is 23.2 Å². The van der Waals surface area contributed by atoms with Crippen LogP contribution in [0.1, 0.15) is 18.4 Å². The van der Waals surface area contributed by atoms with Gasteiger partial charge in [0.15, 0.2) is 0 Å². The van der Waals surface area contributed by atoms with E-state index in [2.05, 4.69) is 6.08 Å². The minimum atomic E-state index is 0.220. The van der Waals surface area contributed by atoms with Crippen molar-refractivity contribution in [3.05, 3.63) is 45.5 Å². The molecule has 1 aliphatic rings. The van der Waals surface area contributed by atoms with Crippen molar-refractivity contribution in [3.8, 4) is 0 Å². The molecule has 0 heterocycles. The molecule has 0 radical (unpaired) electrons. The van der Waals surface area contributed by atoms with Gasteiger partial charge >= 0.3 is 0 Å². The van der Waals surface area contributed by atoms with E-state index in [-0.39, 0.29) is 6.04 Å². The molecular formula is C12H13Cl2N. The minimum absolute atomic E-state index is 0.220. The van der Waals surface area contributed by atoms with Crippen LogP contribution in [0.4, 0.5) is 0 Å². The molecule has 0 aromatic heterocycles. The molecule has 1 aromatic carbocycles. The van der Waals surface area contributed by atoms with Gasteiger partial charge in [-0.25, -0.2) is 0 Å². The van der Waals surface area contributed by atoms with Crippen LogP contribution in [0.5, 0.6) is 0 Å². The lowest BCUT2D eigenvalue weighted by Gasteiger charge is -2.05. The maximum Gasteiger partial charge on any atom is 0.0442 e. The topological polar surface area (TPSA) is 26.0 Å². The summed E-state index contributed by atoms with van der Waals surface area (Å²) >= 11 is 12.0. The van der Waals surface area contributed by atoms with Crippen molar-refractivity contribution in [3.63, 3.8) is 0 Å². The summed E-state index contributed by atoms with van der Waals surface area (Å²) in [5.74, 6) is 0. The summed E-state index contributed by atoms with van der Waals surface area (Å²) in [6.07, 6.45) is 5.13. The summed E-state index contributed by atoms with van der Waals surface area (Å²) in [7, 11) is 0. The Morgan fingerprint density at radius 3 is 2.80 bits per heavy atom. The Kier molecular flexibility index (Phi) is 3.35. The van der Waals surface area contributed by atoms with Crippen LogP contribution in [0.2, 0.25) is 10.0 Å². The van der Waals surface area contributed by atoms with Crippen molar-refractivity contribution < 1.29 is 0 Å². The Morgan fingerprint density at radius 2 is 2.13 bits per heavy atom. The molecule has 80 valence electrons. The van der Waals surface area contributed by atoms with Gasteiger partial charge in [-0.2, -0.15) is 0 Å². The van der Waals surface area contributed by atoms with Gasteiger partial charge in [0.25, 0.3) is 0 Å². The van der Waals surface area contributed by atoms with Gasteiger partial charge in [0.05, 0.1) is 0 Å². The smallest absolute Gasteiger partial charge is 0.0442 e. The standard InChI is InChI=1S/C12H13Cl2N/c13-10-2-4-12(14)9(7-10)5-8-1-3-11(15)6-8/h2,4,6-7,11H,1,3,5,15H2. The van der Waals surface area contributed by atoms with E-state index in [1.807, 2.05) is 18.2 Å². The van der Waals surface area contributed by atoms with Crippen LogP contribution < -0.4 is 5.73 Å². The first-order chi connectivity index (χ1) is 7.15. The predicted octanol–water partition coefficient (Wildman–Crippen LogP) is 3.58. The largest absolute Gasteiger partial charge is 0.324 e. The predicted molar refractivity (Wildman–Crippen MR) is 65.5 cm³/mol. The summed E-state index contributed by atoms with van der Waals surface area (Å²) in [6.45, 7) is 0. The molecular weight excluding hydrogens is 229 g/mol. The van der Waals surface area contributed by atoms with Gasteiger partial charge in [-0.15, -0.1) is 0 Å². The van der Waals surface area contributed by atoms with Crippen molar-refractivity contribution in [2.24, 2.45) is 5.73 Å². The molecule has 0 fully saturated rings. The summed E-state index contributed by atoms with van der Waals surface area (Å²) in [5, 5.41) is 1.51. The molecule has 0 saturated carbocycles. The van der Waals surface area contributed by atoms with E-state index in [1.54, 1.807) is 0 Å². The molecule has 0 aliphatic heterocycles. The minimum Gasteiger partial charge on any atom is -0.324 e. The van der Waals surface area contributed by atoms with Crippen molar-refractivity contribution in [2.75, 3.05) is 0 Å². The summed E-state index contributed by atoms with van der Waals surface area (Å²) in [5.41, 5.74) is 8.27. The summed E-state index contributed by atoms with van der Waals surface area (Å²) < 4.78 is 0. The molecule has 0 saturated heterocycles. The van der Waals surface area contributed by atoms with Gasteiger partial charge in [0, 0.05) is 16.1 Å². The van der Waals surface area contributed by atoms with E-state index in [4.69, 9.17) is 28.9 Å². The van der Waals surface area contributed by atoms with E-state index in [0.29, 0.717) is 0 Å². The molecule has 15 heavy (non-hydrogen) atoms. The zero-order valence-electron chi connectivity index (χ0n) is 8.34. The number of rotatable bonds is 2. The SMILES string of the molecule is NC1C=C(Cc2cc(Cl)ccc2Cl)CC1. The van der Waals surface area contributed by atoms with Crippen molar-refractivity contribution in [2.45, 2.75) is 25.3 Å². The van der Waals surface area contributed by atoms with Crippen LogP contribution in [-0.4, -0.2) is 6.04 Å². The third-order valence-electron chi connectivity index (χ3n) is 2.67. The molecule has 1 unspecified atom stereocenters. The first kappa shape index (κ1) is 11.0. The highest BCUT2D eigenvalue weighted by molar-refractivity contribution is 6.33. The highest BCUT2D eigenvalue weighted by Gasteiger charge is 2.13. The molecule has 0 amide bonds. The van der Waals surface area contributed by atoms with Crippen LogP contribution in [0, 0.1) is 0 Å². The van der Waals surface area contributed by atoms with E-state index in [0.717, 1.165) is 34.9 Å². The van der Waals surface area contributed by atoms with Gasteiger partial charge < -0.3 is 5.73 Å². The lowest BCUT2D eigenvalue weighted by molar-refractivity contribution is 0.770. The average Bonchev–Trinajstić information content (AvgIpc) is 2.58. The third kappa shape index (κ3) is 2.75. The van der Waals surface area contributed by atoms with E-state index in [9.17, 15) is 0 Å². The second kappa shape index (κ2) is 4.56. The number of halogens is 2. The maximum absolute atomic E-state index is 6.09. The summed E-state index contributed by atoms with van der Waals surface area (Å²) in [6, 6.07) is 5.80. The van der Waals surface area contributed by atoms with Gasteiger partial charge in [-0.05, 0) is 43.0 Å². The highest BCUT2D eigenvalue weighted by atomic mass is 35.5. The Hall–Kier alpha value is -0.500. The van der Waals surface area contributed by atoms with Crippen LogP contribution in [0.15, 0.2) is 29.8 Å². The third-order valence-corrected chi connectivity index (χ3v) is 3.28. The molecule has 0 spiro atoms. The van der Waals surface area contributed by atoms with Gasteiger partial charge in [0.2, 0.25) is 0 Å². The van der Waals surface area contributed by atoms with Crippen LogP contribution in [0.25, 0.3) is 0 Å². The van der Waals surface area contributed by atoms with Gasteiger partial charge in [0.1, 0.15) is 0 Å². The molecule has 1 nitrogen and oxygen atoms in total. The van der Waals surface area contributed by atoms with E-state index < -0.39 is 0 Å². The van der Waals surface area contributed by atoms with Crippen LogP contribution in [-0.2, 0) is 6.42 Å². The average molecular weight is 242 g/mol. The van der Waals surface area contributed by atoms with E-state index >= 15 is 0 Å². The number of hydrogen-bond donors (Lipinski definition) is 1. The number of hydrogen-bond acceptors (Lipinski definition) is 1. The van der Waals surface area contributed by atoms with Crippen molar-refractivity contribution in [1.82, 2.24) is 0 Å². The number of allylic oxidation sites excluding steroid dienone is 1. The normalized spacial score (nSPS) is 20.5. The molecule has 2 rings (SSSR count). The summed E-state index contributed by atoms with van der Waals surface area (Å²) in [4.78, 5) is 0. The maximum atomic E-state index is 6.09. The lowest BCUT2D eigenvalue weighted by Crippen LogP contribution is -2.11. The Bertz CT molecular complexity index is 399. The fourth-order valence-electron chi connectivity index (χ4n) is 1.89.